The van der Waals surface area contributed by atoms with Crippen molar-refractivity contribution >= 4 is 5.91 Å². The zero-order chi connectivity index (χ0) is 8.27. The molecule has 11 heavy (non-hydrogen) atoms. The summed E-state index contributed by atoms with van der Waals surface area (Å²) in [6, 6.07) is 0. The number of hydrogen-bond acceptors (Lipinski definition) is 3. The maximum absolute atomic E-state index is 11.2. The lowest BCUT2D eigenvalue weighted by Crippen LogP contribution is -2.29. The van der Waals surface area contributed by atoms with Crippen molar-refractivity contribution in [2.45, 2.75) is 12.5 Å². The van der Waals surface area contributed by atoms with Gasteiger partial charge in [0.25, 0.3) is 0 Å². The third-order valence-corrected chi connectivity index (χ3v) is 1.87. The van der Waals surface area contributed by atoms with Crippen LogP contribution >= 0.6 is 0 Å². The fraction of sp³-hybridized carbons (Fsp3) is 0.857. The summed E-state index contributed by atoms with van der Waals surface area (Å²) in [7, 11) is 1.78. The number of rotatable bonds is 1. The molecule has 1 atom stereocenters. The molecule has 64 valence electrons. The predicted molar refractivity (Wildman–Crippen MR) is 41.0 cm³/mol. The number of likely N-dealkylation sites (N-methyl/N-ethyl adjacent to an activating group) is 1. The van der Waals surface area contributed by atoms with Gasteiger partial charge in [0.15, 0.2) is 0 Å². The molecule has 1 fully saturated rings. The average Bonchev–Trinajstić information content (AvgIpc) is 2.15. The van der Waals surface area contributed by atoms with Crippen LogP contribution in [0.5, 0.6) is 0 Å². The van der Waals surface area contributed by atoms with Gasteiger partial charge in [0.2, 0.25) is 5.91 Å². The fourth-order valence-corrected chi connectivity index (χ4v) is 1.04. The highest BCUT2D eigenvalue weighted by atomic mass is 16.5. The van der Waals surface area contributed by atoms with E-state index in [0.717, 1.165) is 0 Å². The number of carbonyl (C=O) groups excluding carboxylic acids is 1. The first-order chi connectivity index (χ1) is 5.24. The second kappa shape index (κ2) is 3.69. The summed E-state index contributed by atoms with van der Waals surface area (Å²) in [5.41, 5.74) is 5.38. The minimum absolute atomic E-state index is 0.0764. The van der Waals surface area contributed by atoms with Crippen LogP contribution in [0.15, 0.2) is 0 Å². The Balaban J connectivity index is 2.48. The number of ether oxygens (including phenoxy) is 1. The lowest BCUT2D eigenvalue weighted by molar-refractivity contribution is -0.129. The maximum Gasteiger partial charge on any atom is 0.225 e. The summed E-state index contributed by atoms with van der Waals surface area (Å²) in [6.45, 7) is 1.71. The van der Waals surface area contributed by atoms with Crippen LogP contribution in [0.25, 0.3) is 0 Å². The average molecular weight is 158 g/mol. The van der Waals surface area contributed by atoms with Crippen LogP contribution in [0, 0.1) is 0 Å². The van der Waals surface area contributed by atoms with Crippen molar-refractivity contribution < 1.29 is 9.53 Å². The normalized spacial score (nSPS) is 26.9. The van der Waals surface area contributed by atoms with Crippen molar-refractivity contribution in [2.75, 3.05) is 26.7 Å². The Morgan fingerprint density at radius 2 is 2.55 bits per heavy atom. The quantitative estimate of drug-likeness (QED) is 0.543. The molecule has 0 radical (unpaired) electrons. The molecule has 0 aromatic heterocycles. The molecule has 0 bridgehead atoms. The summed E-state index contributed by atoms with van der Waals surface area (Å²) in [5.74, 6) is 0.123. The molecule has 1 rings (SSSR count). The molecule has 1 heterocycles. The fourth-order valence-electron chi connectivity index (χ4n) is 1.04. The number of amides is 1. The molecule has 1 saturated heterocycles. The van der Waals surface area contributed by atoms with Gasteiger partial charge in [-0.2, -0.15) is 0 Å². The number of carbonyl (C=O) groups is 1. The van der Waals surface area contributed by atoms with E-state index in [-0.39, 0.29) is 12.0 Å². The summed E-state index contributed by atoms with van der Waals surface area (Å²) in [6.07, 6.45) is 0.347. The second-order valence-electron chi connectivity index (χ2n) is 2.75. The molecule has 1 amide bonds. The van der Waals surface area contributed by atoms with E-state index >= 15 is 0 Å². The van der Waals surface area contributed by atoms with Gasteiger partial charge in [-0.05, 0) is 0 Å². The van der Waals surface area contributed by atoms with Crippen LogP contribution in [-0.4, -0.2) is 43.7 Å². The van der Waals surface area contributed by atoms with Gasteiger partial charge in [-0.1, -0.05) is 0 Å². The van der Waals surface area contributed by atoms with Crippen LogP contribution in [0.4, 0.5) is 0 Å². The summed E-state index contributed by atoms with van der Waals surface area (Å²) >= 11 is 0. The smallest absolute Gasteiger partial charge is 0.225 e. The van der Waals surface area contributed by atoms with Gasteiger partial charge in [-0.25, -0.2) is 0 Å². The van der Waals surface area contributed by atoms with E-state index in [0.29, 0.717) is 26.1 Å². The van der Waals surface area contributed by atoms with Crippen LogP contribution in [0.3, 0.4) is 0 Å². The number of hydrogen-bond donors (Lipinski definition) is 1. The minimum atomic E-state index is -0.0764. The van der Waals surface area contributed by atoms with E-state index in [4.69, 9.17) is 10.5 Å². The summed E-state index contributed by atoms with van der Waals surface area (Å²) < 4.78 is 5.31. The van der Waals surface area contributed by atoms with Crippen molar-refractivity contribution in [1.29, 1.82) is 0 Å². The first-order valence-corrected chi connectivity index (χ1v) is 3.79. The van der Waals surface area contributed by atoms with E-state index in [9.17, 15) is 4.79 Å². The SMILES string of the molecule is CN1CCOC(CN)CC1=O. The molecule has 1 aliphatic heterocycles. The highest BCUT2D eigenvalue weighted by molar-refractivity contribution is 5.76. The Labute approximate surface area is 66.3 Å². The Morgan fingerprint density at radius 3 is 3.18 bits per heavy atom. The van der Waals surface area contributed by atoms with E-state index in [1.165, 1.54) is 0 Å². The molecule has 0 aromatic rings. The minimum Gasteiger partial charge on any atom is -0.375 e. The molecule has 2 N–H and O–H groups in total. The molecular weight excluding hydrogens is 144 g/mol. The van der Waals surface area contributed by atoms with E-state index in [1.54, 1.807) is 11.9 Å². The molecule has 0 spiro atoms. The van der Waals surface area contributed by atoms with Crippen LogP contribution in [-0.2, 0) is 9.53 Å². The second-order valence-corrected chi connectivity index (χ2v) is 2.75. The van der Waals surface area contributed by atoms with Crippen LogP contribution < -0.4 is 5.73 Å². The summed E-state index contributed by atoms with van der Waals surface area (Å²) in [4.78, 5) is 12.8. The van der Waals surface area contributed by atoms with E-state index < -0.39 is 0 Å². The molecule has 4 nitrogen and oxygen atoms in total. The summed E-state index contributed by atoms with van der Waals surface area (Å²) in [5, 5.41) is 0. The third-order valence-electron chi connectivity index (χ3n) is 1.87. The van der Waals surface area contributed by atoms with E-state index in [1.807, 2.05) is 0 Å². The Hall–Kier alpha value is -0.610. The monoisotopic (exact) mass is 158 g/mol. The van der Waals surface area contributed by atoms with E-state index in [2.05, 4.69) is 0 Å². The first kappa shape index (κ1) is 8.49. The largest absolute Gasteiger partial charge is 0.375 e. The van der Waals surface area contributed by atoms with Crippen LogP contribution in [0.2, 0.25) is 0 Å². The van der Waals surface area contributed by atoms with Gasteiger partial charge >= 0.3 is 0 Å². The predicted octanol–water partition coefficient (Wildman–Crippen LogP) is -0.808. The number of nitrogens with zero attached hydrogens (tertiary/aromatic N) is 1. The molecule has 1 unspecified atom stereocenters. The van der Waals surface area contributed by atoms with Crippen LogP contribution in [0.1, 0.15) is 6.42 Å². The Bertz CT molecular complexity index is 149. The van der Waals surface area contributed by atoms with Crippen molar-refractivity contribution in [3.05, 3.63) is 0 Å². The van der Waals surface area contributed by atoms with Gasteiger partial charge in [0, 0.05) is 20.1 Å². The first-order valence-electron chi connectivity index (χ1n) is 3.79. The van der Waals surface area contributed by atoms with Gasteiger partial charge < -0.3 is 15.4 Å². The zero-order valence-electron chi connectivity index (χ0n) is 6.75. The van der Waals surface area contributed by atoms with Gasteiger partial charge in [-0.3, -0.25) is 4.79 Å². The van der Waals surface area contributed by atoms with Crippen molar-refractivity contribution in [1.82, 2.24) is 4.90 Å². The Kier molecular flexibility index (Phi) is 2.84. The standard InChI is InChI=1S/C7H14N2O2/c1-9-2-3-11-6(5-8)4-7(9)10/h6H,2-5,8H2,1H3. The molecule has 0 aliphatic carbocycles. The van der Waals surface area contributed by atoms with Crippen molar-refractivity contribution in [3.8, 4) is 0 Å². The lowest BCUT2D eigenvalue weighted by atomic mass is 10.2. The van der Waals surface area contributed by atoms with Crippen molar-refractivity contribution in [2.24, 2.45) is 5.73 Å². The number of nitrogens with two attached hydrogens (primary N) is 1. The topological polar surface area (TPSA) is 55.6 Å². The van der Waals surface area contributed by atoms with Gasteiger partial charge in [-0.15, -0.1) is 0 Å². The highest BCUT2D eigenvalue weighted by Gasteiger charge is 2.19. The highest BCUT2D eigenvalue weighted by Crippen LogP contribution is 2.04. The molecule has 0 saturated carbocycles. The zero-order valence-corrected chi connectivity index (χ0v) is 6.75. The lowest BCUT2D eigenvalue weighted by Gasteiger charge is -2.11. The maximum atomic E-state index is 11.2. The van der Waals surface area contributed by atoms with Gasteiger partial charge in [0.1, 0.15) is 0 Å². The van der Waals surface area contributed by atoms with Gasteiger partial charge in [0.05, 0.1) is 19.1 Å². The third kappa shape index (κ3) is 2.17. The Morgan fingerprint density at radius 1 is 1.82 bits per heavy atom. The molecule has 1 aliphatic rings. The molecule has 4 heteroatoms. The molecule has 0 aromatic carbocycles. The molecular formula is C7H14N2O2. The van der Waals surface area contributed by atoms with Crippen molar-refractivity contribution in [3.63, 3.8) is 0 Å².